The van der Waals surface area contributed by atoms with Crippen molar-refractivity contribution in [2.75, 3.05) is 5.32 Å². The van der Waals surface area contributed by atoms with Crippen LogP contribution in [0.4, 0.5) is 11.5 Å². The molecule has 0 aliphatic rings. The number of nitro groups is 1. The molecule has 0 amide bonds. The summed E-state index contributed by atoms with van der Waals surface area (Å²) < 4.78 is 2.55. The van der Waals surface area contributed by atoms with Crippen molar-refractivity contribution in [1.29, 1.82) is 0 Å². The Morgan fingerprint density at radius 2 is 2.30 bits per heavy atom. The Labute approximate surface area is 129 Å². The number of aromatic nitrogens is 2. The van der Waals surface area contributed by atoms with E-state index >= 15 is 0 Å². The van der Waals surface area contributed by atoms with Crippen molar-refractivity contribution in [3.63, 3.8) is 0 Å². The third-order valence-electron chi connectivity index (χ3n) is 2.83. The van der Waals surface area contributed by atoms with Gasteiger partial charge in [0.05, 0.1) is 11.5 Å². The van der Waals surface area contributed by atoms with Gasteiger partial charge in [0, 0.05) is 27.7 Å². The van der Waals surface area contributed by atoms with E-state index in [9.17, 15) is 10.1 Å². The zero-order chi connectivity index (χ0) is 14.9. The first-order valence-electron chi connectivity index (χ1n) is 6.08. The molecule has 0 aliphatic heterocycles. The number of nitrogens with one attached hydrogen (secondary N) is 1. The SMILES string of the molecule is CC(C)c1nn(C)c(NCc2cc(Br)cs2)c1[N+](=O)[O-]. The molecule has 2 aromatic heterocycles. The van der Waals surface area contributed by atoms with Crippen LogP contribution in [0.15, 0.2) is 15.9 Å². The Hall–Kier alpha value is -1.41. The lowest BCUT2D eigenvalue weighted by molar-refractivity contribution is -0.384. The largest absolute Gasteiger partial charge is 0.360 e. The second kappa shape index (κ2) is 5.92. The van der Waals surface area contributed by atoms with Gasteiger partial charge in [0.25, 0.3) is 0 Å². The van der Waals surface area contributed by atoms with E-state index in [1.807, 2.05) is 25.3 Å². The van der Waals surface area contributed by atoms with Crippen molar-refractivity contribution in [1.82, 2.24) is 9.78 Å². The lowest BCUT2D eigenvalue weighted by Crippen LogP contribution is -2.05. The fraction of sp³-hybridized carbons (Fsp3) is 0.417. The summed E-state index contributed by atoms with van der Waals surface area (Å²) in [7, 11) is 1.71. The highest BCUT2D eigenvalue weighted by atomic mass is 79.9. The minimum Gasteiger partial charge on any atom is -0.360 e. The smallest absolute Gasteiger partial charge is 0.334 e. The summed E-state index contributed by atoms with van der Waals surface area (Å²) in [4.78, 5) is 12.0. The van der Waals surface area contributed by atoms with Crippen molar-refractivity contribution < 1.29 is 4.92 Å². The van der Waals surface area contributed by atoms with Gasteiger partial charge in [0.1, 0.15) is 5.69 Å². The van der Waals surface area contributed by atoms with E-state index in [0.29, 0.717) is 18.1 Å². The molecule has 0 saturated carbocycles. The molecule has 0 radical (unpaired) electrons. The minimum atomic E-state index is -0.366. The molecule has 0 spiro atoms. The summed E-state index contributed by atoms with van der Waals surface area (Å²) >= 11 is 4.98. The van der Waals surface area contributed by atoms with Crippen LogP contribution in [0.5, 0.6) is 0 Å². The molecular weight excluding hydrogens is 344 g/mol. The molecule has 1 N–H and O–H groups in total. The van der Waals surface area contributed by atoms with Gasteiger partial charge < -0.3 is 5.32 Å². The molecule has 0 saturated heterocycles. The molecule has 0 fully saturated rings. The van der Waals surface area contributed by atoms with Crippen molar-refractivity contribution in [3.8, 4) is 0 Å². The van der Waals surface area contributed by atoms with Gasteiger partial charge in [-0.2, -0.15) is 5.10 Å². The van der Waals surface area contributed by atoms with E-state index in [0.717, 1.165) is 9.35 Å². The summed E-state index contributed by atoms with van der Waals surface area (Å²) in [6.07, 6.45) is 0. The normalized spacial score (nSPS) is 11.1. The molecule has 2 heterocycles. The number of aryl methyl sites for hydroxylation is 1. The number of hydrogen-bond acceptors (Lipinski definition) is 5. The van der Waals surface area contributed by atoms with Crippen LogP contribution in [0, 0.1) is 10.1 Å². The van der Waals surface area contributed by atoms with Crippen LogP contribution in [-0.4, -0.2) is 14.7 Å². The van der Waals surface area contributed by atoms with Crippen molar-refractivity contribution in [2.45, 2.75) is 26.3 Å². The summed E-state index contributed by atoms with van der Waals surface area (Å²) in [6, 6.07) is 1.99. The van der Waals surface area contributed by atoms with Crippen LogP contribution in [-0.2, 0) is 13.6 Å². The van der Waals surface area contributed by atoms with Gasteiger partial charge in [0.2, 0.25) is 5.82 Å². The molecule has 6 nitrogen and oxygen atoms in total. The zero-order valence-corrected chi connectivity index (χ0v) is 13.8. The Morgan fingerprint density at radius 3 is 2.80 bits per heavy atom. The molecular formula is C12H15BrN4O2S. The van der Waals surface area contributed by atoms with E-state index in [2.05, 4.69) is 26.3 Å². The van der Waals surface area contributed by atoms with Gasteiger partial charge in [-0.3, -0.25) is 10.1 Å². The second-order valence-corrected chi connectivity index (χ2v) is 6.61. The molecule has 0 atom stereocenters. The van der Waals surface area contributed by atoms with Gasteiger partial charge in [-0.15, -0.1) is 11.3 Å². The van der Waals surface area contributed by atoms with Gasteiger partial charge in [0.15, 0.2) is 0 Å². The minimum absolute atomic E-state index is 0.00744. The topological polar surface area (TPSA) is 73.0 Å². The molecule has 20 heavy (non-hydrogen) atoms. The Morgan fingerprint density at radius 1 is 1.60 bits per heavy atom. The van der Waals surface area contributed by atoms with Crippen LogP contribution in [0.25, 0.3) is 0 Å². The quantitative estimate of drug-likeness (QED) is 0.649. The van der Waals surface area contributed by atoms with E-state index in [1.165, 1.54) is 4.68 Å². The van der Waals surface area contributed by atoms with Crippen LogP contribution in [0.1, 0.15) is 30.3 Å². The first-order valence-corrected chi connectivity index (χ1v) is 7.75. The Balaban J connectivity index is 2.28. The maximum atomic E-state index is 11.3. The maximum Gasteiger partial charge on any atom is 0.334 e. The molecule has 108 valence electrons. The Bertz CT molecular complexity index is 635. The first kappa shape index (κ1) is 15.0. The number of halogens is 1. The summed E-state index contributed by atoms with van der Waals surface area (Å²) in [5.74, 6) is 0.455. The standard InChI is InChI=1S/C12H15BrN4O2S/c1-7(2)10-11(17(18)19)12(16(3)15-10)14-5-9-4-8(13)6-20-9/h4,6-7,14H,5H2,1-3H3. The lowest BCUT2D eigenvalue weighted by Gasteiger charge is -2.04. The average Bonchev–Trinajstić information content (AvgIpc) is 2.90. The fourth-order valence-corrected chi connectivity index (χ4v) is 3.31. The predicted octanol–water partition coefficient (Wildman–Crippen LogP) is 3.89. The van der Waals surface area contributed by atoms with E-state index < -0.39 is 0 Å². The Kier molecular flexibility index (Phi) is 4.44. The molecule has 2 rings (SSSR count). The predicted molar refractivity (Wildman–Crippen MR) is 83.3 cm³/mol. The third kappa shape index (κ3) is 3.01. The van der Waals surface area contributed by atoms with E-state index in [-0.39, 0.29) is 16.5 Å². The van der Waals surface area contributed by atoms with Gasteiger partial charge in [-0.1, -0.05) is 13.8 Å². The highest BCUT2D eigenvalue weighted by Gasteiger charge is 2.28. The number of anilines is 1. The molecule has 2 aromatic rings. The highest BCUT2D eigenvalue weighted by Crippen LogP contribution is 2.33. The first-order chi connectivity index (χ1) is 9.40. The average molecular weight is 359 g/mol. The molecule has 0 aromatic carbocycles. The van der Waals surface area contributed by atoms with Gasteiger partial charge >= 0.3 is 5.69 Å². The molecule has 0 aliphatic carbocycles. The van der Waals surface area contributed by atoms with Crippen LogP contribution in [0.2, 0.25) is 0 Å². The van der Waals surface area contributed by atoms with Crippen LogP contribution < -0.4 is 5.32 Å². The van der Waals surface area contributed by atoms with Crippen molar-refractivity contribution in [3.05, 3.63) is 36.6 Å². The number of hydrogen-bond donors (Lipinski definition) is 1. The number of thiophene rings is 1. The third-order valence-corrected chi connectivity index (χ3v) is 4.53. The molecule has 8 heteroatoms. The van der Waals surface area contributed by atoms with Crippen molar-refractivity contribution >= 4 is 38.8 Å². The van der Waals surface area contributed by atoms with Crippen molar-refractivity contribution in [2.24, 2.45) is 7.05 Å². The fourth-order valence-electron chi connectivity index (χ4n) is 1.92. The number of rotatable bonds is 5. The van der Waals surface area contributed by atoms with Crippen LogP contribution >= 0.6 is 27.3 Å². The zero-order valence-electron chi connectivity index (χ0n) is 11.4. The lowest BCUT2D eigenvalue weighted by atomic mass is 10.1. The molecule has 0 bridgehead atoms. The van der Waals surface area contributed by atoms with Gasteiger partial charge in [-0.05, 0) is 22.0 Å². The van der Waals surface area contributed by atoms with Gasteiger partial charge in [-0.25, -0.2) is 4.68 Å². The second-order valence-electron chi connectivity index (χ2n) is 4.70. The number of nitrogens with zero attached hydrogens (tertiary/aromatic N) is 3. The highest BCUT2D eigenvalue weighted by molar-refractivity contribution is 9.10. The van der Waals surface area contributed by atoms with E-state index in [4.69, 9.17) is 0 Å². The summed E-state index contributed by atoms with van der Waals surface area (Å²) in [5, 5.41) is 20.6. The molecule has 0 unspecified atom stereocenters. The monoisotopic (exact) mass is 358 g/mol. The van der Waals surface area contributed by atoms with Crippen LogP contribution in [0.3, 0.4) is 0 Å². The maximum absolute atomic E-state index is 11.3. The summed E-state index contributed by atoms with van der Waals surface area (Å²) in [5.41, 5.74) is 0.575. The van der Waals surface area contributed by atoms with E-state index in [1.54, 1.807) is 18.4 Å². The summed E-state index contributed by atoms with van der Waals surface area (Å²) in [6.45, 7) is 4.33.